The summed E-state index contributed by atoms with van der Waals surface area (Å²) in [6, 6.07) is 8.05. The average molecular weight is 330 g/mol. The molecule has 1 aromatic heterocycles. The summed E-state index contributed by atoms with van der Waals surface area (Å²) in [7, 11) is 2.11. The van der Waals surface area contributed by atoms with Gasteiger partial charge in [-0.2, -0.15) is 0 Å². The van der Waals surface area contributed by atoms with E-state index < -0.39 is 0 Å². The van der Waals surface area contributed by atoms with E-state index in [1.165, 1.54) is 0 Å². The van der Waals surface area contributed by atoms with Crippen molar-refractivity contribution >= 4 is 28.3 Å². The zero-order chi connectivity index (χ0) is 11.8. The fraction of sp³-hybridized carbons (Fsp3) is 0.308. The number of rotatable bonds is 1. The maximum atomic E-state index is 5.83. The first-order valence-corrected chi connectivity index (χ1v) is 6.45. The highest BCUT2D eigenvalue weighted by atomic mass is 79.9. The summed E-state index contributed by atoms with van der Waals surface area (Å²) in [6.07, 6.45) is 0.954. The van der Waals surface area contributed by atoms with Gasteiger partial charge in [0, 0.05) is 29.5 Å². The van der Waals surface area contributed by atoms with Crippen molar-refractivity contribution in [3.8, 4) is 11.5 Å². The van der Waals surface area contributed by atoms with Crippen molar-refractivity contribution < 1.29 is 4.42 Å². The second-order valence-corrected chi connectivity index (χ2v) is 5.30. The Morgan fingerprint density at radius 3 is 2.72 bits per heavy atom. The molecular weight excluding hydrogens is 316 g/mol. The van der Waals surface area contributed by atoms with Crippen LogP contribution in [0.25, 0.3) is 11.5 Å². The van der Waals surface area contributed by atoms with Crippen molar-refractivity contribution in [1.82, 2.24) is 9.88 Å². The molecule has 2 heterocycles. The average Bonchev–Trinajstić information content (AvgIpc) is 2.72. The van der Waals surface area contributed by atoms with Crippen LogP contribution in [0.5, 0.6) is 0 Å². The largest absolute Gasteiger partial charge is 0.441 e. The number of nitrogens with zero attached hydrogens (tertiary/aromatic N) is 2. The van der Waals surface area contributed by atoms with Gasteiger partial charge in [-0.05, 0) is 31.3 Å². The number of benzene rings is 1. The first-order chi connectivity index (χ1) is 8.22. The van der Waals surface area contributed by atoms with Gasteiger partial charge in [-0.15, -0.1) is 12.4 Å². The van der Waals surface area contributed by atoms with E-state index in [0.717, 1.165) is 46.9 Å². The van der Waals surface area contributed by atoms with Crippen molar-refractivity contribution in [2.24, 2.45) is 0 Å². The summed E-state index contributed by atoms with van der Waals surface area (Å²) in [5.74, 6) is 1.78. The van der Waals surface area contributed by atoms with Gasteiger partial charge in [0.05, 0.1) is 5.69 Å². The molecule has 1 aliphatic rings. The quantitative estimate of drug-likeness (QED) is 0.802. The van der Waals surface area contributed by atoms with E-state index >= 15 is 0 Å². The summed E-state index contributed by atoms with van der Waals surface area (Å²) in [4.78, 5) is 6.84. The van der Waals surface area contributed by atoms with Crippen LogP contribution in [-0.4, -0.2) is 23.5 Å². The van der Waals surface area contributed by atoms with Gasteiger partial charge in [0.2, 0.25) is 5.89 Å². The van der Waals surface area contributed by atoms with Gasteiger partial charge in [0.15, 0.2) is 0 Å². The molecule has 1 aliphatic heterocycles. The molecule has 0 saturated heterocycles. The zero-order valence-corrected chi connectivity index (χ0v) is 12.4. The van der Waals surface area contributed by atoms with Crippen LogP contribution in [0, 0.1) is 0 Å². The van der Waals surface area contributed by atoms with Crippen LogP contribution in [0.4, 0.5) is 0 Å². The Morgan fingerprint density at radius 2 is 2.00 bits per heavy atom. The smallest absolute Gasteiger partial charge is 0.226 e. The van der Waals surface area contributed by atoms with Crippen molar-refractivity contribution in [2.75, 3.05) is 13.6 Å². The summed E-state index contributed by atoms with van der Waals surface area (Å²) in [5.41, 5.74) is 2.11. The molecule has 0 bridgehead atoms. The predicted octanol–water partition coefficient (Wildman–Crippen LogP) is 3.51. The second-order valence-electron chi connectivity index (χ2n) is 4.38. The lowest BCUT2D eigenvalue weighted by atomic mass is 10.2. The molecule has 0 N–H and O–H groups in total. The SMILES string of the molecule is CN1CCc2oc(-c3ccc(Br)cc3)nc2C1.Cl. The molecule has 2 aromatic rings. The van der Waals surface area contributed by atoms with Gasteiger partial charge in [0.1, 0.15) is 5.76 Å². The Morgan fingerprint density at radius 1 is 1.28 bits per heavy atom. The molecule has 0 spiro atoms. The van der Waals surface area contributed by atoms with Gasteiger partial charge < -0.3 is 4.42 Å². The van der Waals surface area contributed by atoms with E-state index in [2.05, 4.69) is 32.9 Å². The summed E-state index contributed by atoms with van der Waals surface area (Å²) >= 11 is 3.43. The minimum Gasteiger partial charge on any atom is -0.441 e. The Balaban J connectivity index is 0.00000120. The maximum Gasteiger partial charge on any atom is 0.226 e. The van der Waals surface area contributed by atoms with Gasteiger partial charge in [-0.3, -0.25) is 4.90 Å². The Kier molecular flexibility index (Phi) is 4.10. The predicted molar refractivity (Wildman–Crippen MR) is 76.9 cm³/mol. The number of aromatic nitrogens is 1. The first-order valence-electron chi connectivity index (χ1n) is 5.65. The van der Waals surface area contributed by atoms with E-state index in [-0.39, 0.29) is 12.4 Å². The molecule has 5 heteroatoms. The Bertz CT molecular complexity index is 538. The minimum atomic E-state index is 0. The van der Waals surface area contributed by atoms with Crippen molar-refractivity contribution in [3.63, 3.8) is 0 Å². The van der Waals surface area contributed by atoms with Crippen LogP contribution in [0.1, 0.15) is 11.5 Å². The van der Waals surface area contributed by atoms with Crippen molar-refractivity contribution in [2.45, 2.75) is 13.0 Å². The maximum absolute atomic E-state index is 5.83. The number of oxazole rings is 1. The van der Waals surface area contributed by atoms with Crippen LogP contribution in [0.2, 0.25) is 0 Å². The molecule has 0 fully saturated rings. The number of likely N-dealkylation sites (N-methyl/N-ethyl adjacent to an activating group) is 1. The topological polar surface area (TPSA) is 29.3 Å². The van der Waals surface area contributed by atoms with Gasteiger partial charge in [-0.1, -0.05) is 15.9 Å². The van der Waals surface area contributed by atoms with Crippen LogP contribution in [0.3, 0.4) is 0 Å². The number of fused-ring (bicyclic) bond motifs is 1. The fourth-order valence-electron chi connectivity index (χ4n) is 2.05. The third kappa shape index (κ3) is 2.60. The summed E-state index contributed by atoms with van der Waals surface area (Å²) < 4.78 is 6.89. The molecule has 96 valence electrons. The molecule has 0 unspecified atom stereocenters. The van der Waals surface area contributed by atoms with E-state index in [1.54, 1.807) is 0 Å². The van der Waals surface area contributed by atoms with Crippen LogP contribution < -0.4 is 0 Å². The minimum absolute atomic E-state index is 0. The lowest BCUT2D eigenvalue weighted by Gasteiger charge is -2.19. The standard InChI is InChI=1S/C13H13BrN2O.ClH/c1-16-7-6-12-11(8-16)15-13(17-12)9-2-4-10(14)5-3-9;/h2-5H,6-8H2,1H3;1H. The molecule has 0 atom stereocenters. The molecule has 3 rings (SSSR count). The highest BCUT2D eigenvalue weighted by Gasteiger charge is 2.20. The van der Waals surface area contributed by atoms with Crippen molar-refractivity contribution in [1.29, 1.82) is 0 Å². The molecule has 0 aliphatic carbocycles. The van der Waals surface area contributed by atoms with E-state index in [9.17, 15) is 0 Å². The third-order valence-corrected chi connectivity index (χ3v) is 3.54. The van der Waals surface area contributed by atoms with Crippen LogP contribution in [0.15, 0.2) is 33.2 Å². The van der Waals surface area contributed by atoms with Crippen LogP contribution >= 0.6 is 28.3 Å². The Labute approximate surface area is 121 Å². The van der Waals surface area contributed by atoms with E-state index in [4.69, 9.17) is 4.42 Å². The highest BCUT2D eigenvalue weighted by Crippen LogP contribution is 2.26. The highest BCUT2D eigenvalue weighted by molar-refractivity contribution is 9.10. The monoisotopic (exact) mass is 328 g/mol. The van der Waals surface area contributed by atoms with Crippen LogP contribution in [-0.2, 0) is 13.0 Å². The lowest BCUT2D eigenvalue weighted by molar-refractivity contribution is 0.292. The first kappa shape index (κ1) is 13.6. The van der Waals surface area contributed by atoms with E-state index in [0.29, 0.717) is 0 Å². The van der Waals surface area contributed by atoms with Gasteiger partial charge in [0.25, 0.3) is 0 Å². The normalized spacial score (nSPS) is 15.0. The van der Waals surface area contributed by atoms with Gasteiger partial charge >= 0.3 is 0 Å². The second kappa shape index (κ2) is 5.43. The third-order valence-electron chi connectivity index (χ3n) is 3.01. The zero-order valence-electron chi connectivity index (χ0n) is 10.0. The molecule has 0 amide bonds. The molecule has 0 saturated carbocycles. The lowest BCUT2D eigenvalue weighted by Crippen LogP contribution is -2.25. The molecule has 3 nitrogen and oxygen atoms in total. The number of hydrogen-bond acceptors (Lipinski definition) is 3. The summed E-state index contributed by atoms with van der Waals surface area (Å²) in [5, 5.41) is 0. The van der Waals surface area contributed by atoms with E-state index in [1.807, 2.05) is 24.3 Å². The fourth-order valence-corrected chi connectivity index (χ4v) is 2.31. The molecule has 1 aromatic carbocycles. The van der Waals surface area contributed by atoms with Crippen molar-refractivity contribution in [3.05, 3.63) is 40.2 Å². The Hall–Kier alpha value is -0.840. The number of halogens is 2. The summed E-state index contributed by atoms with van der Waals surface area (Å²) in [6.45, 7) is 1.93. The van der Waals surface area contributed by atoms with Gasteiger partial charge in [-0.25, -0.2) is 4.98 Å². The molecular formula is C13H14BrClN2O. The molecule has 0 radical (unpaired) electrons. The molecule has 18 heavy (non-hydrogen) atoms. The number of hydrogen-bond donors (Lipinski definition) is 0.